The van der Waals surface area contributed by atoms with E-state index in [4.69, 9.17) is 33.2 Å². The fourth-order valence-corrected chi connectivity index (χ4v) is 8.32. The summed E-state index contributed by atoms with van der Waals surface area (Å²) < 4.78 is 41.0. The van der Waals surface area contributed by atoms with Crippen LogP contribution in [0.15, 0.2) is 12.3 Å². The average Bonchev–Trinajstić information content (AvgIpc) is 3.25. The Morgan fingerprint density at radius 3 is 1.76 bits per heavy atom. The molecule has 0 amide bonds. The molecule has 0 saturated carbocycles. The van der Waals surface area contributed by atoms with Crippen molar-refractivity contribution in [3.8, 4) is 0 Å². The highest BCUT2D eigenvalue weighted by Gasteiger charge is 2.52. The zero-order valence-electron chi connectivity index (χ0n) is 37.7. The Hall–Kier alpha value is -1.59. The molecular formula is C45H82O18. The minimum Gasteiger partial charge on any atom is -0.510 e. The summed E-state index contributed by atoms with van der Waals surface area (Å²) in [5.41, 5.74) is 0. The summed E-state index contributed by atoms with van der Waals surface area (Å²) in [6, 6.07) is 0. The second kappa shape index (κ2) is 30.6. The number of aliphatic hydroxyl groups is 10. The van der Waals surface area contributed by atoms with Crippen LogP contribution in [0, 0.1) is 0 Å². The van der Waals surface area contributed by atoms with Gasteiger partial charge < -0.3 is 84.2 Å². The first-order valence-corrected chi connectivity index (χ1v) is 23.6. The van der Waals surface area contributed by atoms with Crippen molar-refractivity contribution < 1.29 is 89.0 Å². The highest BCUT2D eigenvalue weighted by molar-refractivity contribution is 5.66. The Bertz CT molecular complexity index is 1230. The molecule has 3 aliphatic rings. The van der Waals surface area contributed by atoms with E-state index >= 15 is 0 Å². The summed E-state index contributed by atoms with van der Waals surface area (Å²) in [6.07, 6.45) is -1.86. The van der Waals surface area contributed by atoms with Crippen LogP contribution in [0.2, 0.25) is 0 Å². The highest BCUT2D eigenvalue weighted by atomic mass is 16.8. The minimum atomic E-state index is -1.85. The van der Waals surface area contributed by atoms with Gasteiger partial charge in [-0.25, -0.2) is 0 Å². The number of carbonyl (C=O) groups excluding carboxylic acids is 1. The molecular weight excluding hydrogens is 828 g/mol. The standard InChI is InChI=1S/C45H82O18/c1-4-5-6-17-22-31(23-19-21-30(49)20-16-14-12-10-8-7-9-11-13-15-18-24-32(50)28(2)47)60-44-41(36(52)33(51)26-57-44)63-45-42(38(54)35(27-58-45)59-29(3)48)62-43-40(56)39(55)37(53)34(25-46)61-43/h30-47,49-56H,2,4-27H2,1,3H3. The lowest BCUT2D eigenvalue weighted by atomic mass is 9.98. The summed E-state index contributed by atoms with van der Waals surface area (Å²) in [6.45, 7) is 5.23. The number of hydrogen-bond donors (Lipinski definition) is 10. The van der Waals surface area contributed by atoms with Gasteiger partial charge in [-0.1, -0.05) is 110 Å². The third-order valence-electron chi connectivity index (χ3n) is 12.3. The zero-order valence-corrected chi connectivity index (χ0v) is 37.7. The van der Waals surface area contributed by atoms with Crippen molar-refractivity contribution in [2.45, 2.75) is 247 Å². The van der Waals surface area contributed by atoms with Gasteiger partial charge in [0.2, 0.25) is 0 Å². The van der Waals surface area contributed by atoms with Crippen LogP contribution >= 0.6 is 0 Å². The van der Waals surface area contributed by atoms with Crippen molar-refractivity contribution in [2.75, 3.05) is 19.8 Å². The van der Waals surface area contributed by atoms with E-state index in [-0.39, 0.29) is 25.1 Å². The van der Waals surface area contributed by atoms with Crippen LogP contribution in [0.5, 0.6) is 0 Å². The topological polar surface area (TPSA) is 284 Å². The summed E-state index contributed by atoms with van der Waals surface area (Å²) in [7, 11) is 0. The molecule has 63 heavy (non-hydrogen) atoms. The van der Waals surface area contributed by atoms with Gasteiger partial charge in [0.1, 0.15) is 66.8 Å². The maximum atomic E-state index is 11.8. The van der Waals surface area contributed by atoms with Crippen LogP contribution in [-0.2, 0) is 38.0 Å². The smallest absolute Gasteiger partial charge is 0.303 e. The SMILES string of the molecule is C=C(O)C(O)CCCCCCCCCCCCCC(O)CCCC(CCCCCC)OC1OCC(O)C(O)C1OC1OCC(OC(C)=O)C(O)C1OC1OC(CO)C(O)C(O)C1O. The molecule has 16 unspecified atom stereocenters. The Kier molecular flexibility index (Phi) is 27.1. The minimum absolute atomic E-state index is 0.159. The Labute approximate surface area is 373 Å². The molecule has 0 bridgehead atoms. The predicted molar refractivity (Wildman–Crippen MR) is 228 cm³/mol. The van der Waals surface area contributed by atoms with Crippen LogP contribution in [-0.4, -0.2) is 175 Å². The number of rotatable bonds is 32. The molecule has 3 saturated heterocycles. The van der Waals surface area contributed by atoms with Crippen molar-refractivity contribution in [1.29, 1.82) is 0 Å². The maximum absolute atomic E-state index is 11.8. The third-order valence-corrected chi connectivity index (χ3v) is 12.3. The predicted octanol–water partition coefficient (Wildman–Crippen LogP) is 2.67. The molecule has 0 spiro atoms. The van der Waals surface area contributed by atoms with E-state index in [0.29, 0.717) is 38.5 Å². The molecule has 0 aromatic rings. The summed E-state index contributed by atoms with van der Waals surface area (Å²) in [5, 5.41) is 104. The largest absolute Gasteiger partial charge is 0.510 e. The maximum Gasteiger partial charge on any atom is 0.303 e. The van der Waals surface area contributed by atoms with Crippen LogP contribution in [0.3, 0.4) is 0 Å². The molecule has 16 atom stereocenters. The summed E-state index contributed by atoms with van der Waals surface area (Å²) in [5.74, 6) is -0.893. The monoisotopic (exact) mass is 911 g/mol. The number of ether oxygens (including phenoxy) is 7. The molecule has 3 aliphatic heterocycles. The van der Waals surface area contributed by atoms with E-state index in [1.807, 2.05) is 0 Å². The zero-order chi connectivity index (χ0) is 46.3. The van der Waals surface area contributed by atoms with E-state index in [9.17, 15) is 55.9 Å². The van der Waals surface area contributed by atoms with Gasteiger partial charge >= 0.3 is 5.97 Å². The highest BCUT2D eigenvalue weighted by Crippen LogP contribution is 2.32. The second-order valence-corrected chi connectivity index (χ2v) is 17.7. The Morgan fingerprint density at radius 1 is 0.635 bits per heavy atom. The van der Waals surface area contributed by atoms with Gasteiger partial charge in [-0.2, -0.15) is 0 Å². The van der Waals surface area contributed by atoms with Crippen LogP contribution in [0.25, 0.3) is 0 Å². The first-order chi connectivity index (χ1) is 30.2. The van der Waals surface area contributed by atoms with Crippen molar-refractivity contribution in [1.82, 2.24) is 0 Å². The van der Waals surface area contributed by atoms with Gasteiger partial charge in [0, 0.05) is 6.92 Å². The molecule has 3 fully saturated rings. The molecule has 18 nitrogen and oxygen atoms in total. The number of aliphatic hydroxyl groups excluding tert-OH is 10. The Balaban J connectivity index is 1.53. The number of hydrogen-bond acceptors (Lipinski definition) is 18. The molecule has 370 valence electrons. The van der Waals surface area contributed by atoms with Gasteiger partial charge in [-0.15, -0.1) is 0 Å². The lowest BCUT2D eigenvalue weighted by Crippen LogP contribution is -2.64. The van der Waals surface area contributed by atoms with Gasteiger partial charge in [0.05, 0.1) is 32.0 Å². The average molecular weight is 911 g/mol. The molecule has 0 aromatic heterocycles. The summed E-state index contributed by atoms with van der Waals surface area (Å²) >= 11 is 0. The van der Waals surface area contributed by atoms with E-state index in [1.165, 1.54) is 32.1 Å². The van der Waals surface area contributed by atoms with Gasteiger partial charge in [-0.05, 0) is 38.5 Å². The van der Waals surface area contributed by atoms with E-state index in [0.717, 1.165) is 71.1 Å². The number of esters is 1. The van der Waals surface area contributed by atoms with Gasteiger partial charge in [0.25, 0.3) is 0 Å². The van der Waals surface area contributed by atoms with E-state index in [1.54, 1.807) is 0 Å². The lowest BCUT2D eigenvalue weighted by molar-refractivity contribution is -0.380. The van der Waals surface area contributed by atoms with Crippen molar-refractivity contribution in [2.24, 2.45) is 0 Å². The van der Waals surface area contributed by atoms with Gasteiger partial charge in [-0.3, -0.25) is 4.79 Å². The van der Waals surface area contributed by atoms with Crippen molar-refractivity contribution in [3.63, 3.8) is 0 Å². The lowest BCUT2D eigenvalue weighted by Gasteiger charge is -2.46. The number of unbranched alkanes of at least 4 members (excludes halogenated alkanes) is 13. The quantitative estimate of drug-likeness (QED) is 0.0264. The van der Waals surface area contributed by atoms with Crippen LogP contribution in [0.1, 0.15) is 149 Å². The van der Waals surface area contributed by atoms with Crippen molar-refractivity contribution in [3.05, 3.63) is 12.3 Å². The molecule has 10 N–H and O–H groups in total. The molecule has 3 heterocycles. The number of carbonyl (C=O) groups is 1. The van der Waals surface area contributed by atoms with E-state index in [2.05, 4.69) is 13.5 Å². The fourth-order valence-electron chi connectivity index (χ4n) is 8.32. The van der Waals surface area contributed by atoms with Crippen molar-refractivity contribution >= 4 is 5.97 Å². The van der Waals surface area contributed by atoms with Crippen LogP contribution < -0.4 is 0 Å². The molecule has 0 aromatic carbocycles. The van der Waals surface area contributed by atoms with Gasteiger partial charge in [0.15, 0.2) is 25.0 Å². The van der Waals surface area contributed by atoms with Crippen LogP contribution in [0.4, 0.5) is 0 Å². The van der Waals surface area contributed by atoms with E-state index < -0.39 is 105 Å². The second-order valence-electron chi connectivity index (χ2n) is 17.7. The first-order valence-electron chi connectivity index (χ1n) is 23.6. The summed E-state index contributed by atoms with van der Waals surface area (Å²) in [4.78, 5) is 11.8. The normalized spacial score (nSPS) is 32.8. The first kappa shape index (κ1) is 55.7. The Morgan fingerprint density at radius 2 is 1.16 bits per heavy atom. The molecule has 3 rings (SSSR count). The molecule has 0 radical (unpaired) electrons. The third kappa shape index (κ3) is 19.7. The fraction of sp³-hybridized carbons (Fsp3) is 0.933. The molecule has 0 aliphatic carbocycles. The molecule has 18 heteroatoms.